The van der Waals surface area contributed by atoms with Crippen LogP contribution in [0, 0.1) is 0 Å². The van der Waals surface area contributed by atoms with Crippen molar-refractivity contribution in [3.05, 3.63) is 30.1 Å². The Kier molecular flexibility index (Phi) is 5.67. The Morgan fingerprint density at radius 1 is 1.30 bits per heavy atom. The topological polar surface area (TPSA) is 59.5 Å². The van der Waals surface area contributed by atoms with Crippen molar-refractivity contribution in [3.8, 4) is 0 Å². The highest BCUT2D eigenvalue weighted by Crippen LogP contribution is 2.10. The molecular formula is C15H22N2O3. The van der Waals surface area contributed by atoms with Crippen molar-refractivity contribution in [2.45, 2.75) is 45.8 Å². The molecule has 0 unspecified atom stereocenters. The van der Waals surface area contributed by atoms with Gasteiger partial charge in [0.25, 0.3) is 0 Å². The van der Waals surface area contributed by atoms with E-state index in [1.165, 1.54) is 0 Å². The molecule has 20 heavy (non-hydrogen) atoms. The summed E-state index contributed by atoms with van der Waals surface area (Å²) in [6.45, 7) is 5.91. The van der Waals surface area contributed by atoms with Gasteiger partial charge < -0.3 is 9.64 Å². The molecule has 0 saturated carbocycles. The maximum absolute atomic E-state index is 11.9. The molecule has 1 aromatic heterocycles. The Morgan fingerprint density at radius 3 is 2.55 bits per heavy atom. The third-order valence-corrected chi connectivity index (χ3v) is 2.53. The Morgan fingerprint density at radius 2 is 2.00 bits per heavy atom. The second-order valence-electron chi connectivity index (χ2n) is 5.70. The van der Waals surface area contributed by atoms with Crippen molar-refractivity contribution in [2.75, 3.05) is 7.05 Å². The van der Waals surface area contributed by atoms with E-state index in [4.69, 9.17) is 4.74 Å². The van der Waals surface area contributed by atoms with E-state index in [9.17, 15) is 9.59 Å². The van der Waals surface area contributed by atoms with Gasteiger partial charge in [-0.2, -0.15) is 0 Å². The number of hydrogen-bond acceptors (Lipinski definition) is 4. The number of hydrogen-bond donors (Lipinski definition) is 0. The fourth-order valence-electron chi connectivity index (χ4n) is 1.65. The van der Waals surface area contributed by atoms with E-state index < -0.39 is 5.60 Å². The summed E-state index contributed by atoms with van der Waals surface area (Å²) in [7, 11) is 1.71. The molecule has 1 amide bonds. The van der Waals surface area contributed by atoms with Gasteiger partial charge in [0.2, 0.25) is 5.91 Å². The van der Waals surface area contributed by atoms with Crippen LogP contribution in [0.25, 0.3) is 0 Å². The number of nitrogens with zero attached hydrogens (tertiary/aromatic N) is 2. The zero-order valence-corrected chi connectivity index (χ0v) is 12.5. The van der Waals surface area contributed by atoms with Gasteiger partial charge in [-0.1, -0.05) is 6.07 Å². The molecule has 0 radical (unpaired) electrons. The van der Waals surface area contributed by atoms with E-state index in [-0.39, 0.29) is 24.7 Å². The predicted molar refractivity (Wildman–Crippen MR) is 75.8 cm³/mol. The van der Waals surface area contributed by atoms with Crippen molar-refractivity contribution in [1.29, 1.82) is 0 Å². The summed E-state index contributed by atoms with van der Waals surface area (Å²) < 4.78 is 5.17. The highest BCUT2D eigenvalue weighted by atomic mass is 16.6. The predicted octanol–water partition coefficient (Wildman–Crippen LogP) is 2.16. The molecule has 0 aliphatic carbocycles. The van der Waals surface area contributed by atoms with E-state index in [1.54, 1.807) is 45.1 Å². The highest BCUT2D eigenvalue weighted by molar-refractivity contribution is 5.81. The molecule has 5 heteroatoms. The monoisotopic (exact) mass is 278 g/mol. The fourth-order valence-corrected chi connectivity index (χ4v) is 1.65. The minimum absolute atomic E-state index is 0.0836. The lowest BCUT2D eigenvalue weighted by molar-refractivity contribution is -0.156. The van der Waals surface area contributed by atoms with Crippen LogP contribution in [0.4, 0.5) is 0 Å². The minimum atomic E-state index is -0.512. The third-order valence-electron chi connectivity index (χ3n) is 2.53. The van der Waals surface area contributed by atoms with Gasteiger partial charge in [0.1, 0.15) is 5.60 Å². The fraction of sp³-hybridized carbons (Fsp3) is 0.533. The number of esters is 1. The first kappa shape index (κ1) is 16.1. The molecule has 1 aromatic rings. The molecule has 0 aliphatic rings. The van der Waals surface area contributed by atoms with Crippen LogP contribution in [0.3, 0.4) is 0 Å². The third kappa shape index (κ3) is 6.31. The van der Waals surface area contributed by atoms with Crippen LogP contribution in [0.2, 0.25) is 0 Å². The first-order chi connectivity index (χ1) is 9.28. The van der Waals surface area contributed by atoms with Gasteiger partial charge in [-0.15, -0.1) is 0 Å². The Bertz CT molecular complexity index is 452. The molecule has 0 N–H and O–H groups in total. The standard InChI is InChI=1S/C15H22N2O3/c1-15(2,3)20-14(19)8-7-13(18)17(4)11-12-6-5-9-16-10-12/h5-6,9-10H,7-8,11H2,1-4H3. The quantitative estimate of drug-likeness (QED) is 0.774. The Hall–Kier alpha value is -1.91. The van der Waals surface area contributed by atoms with Gasteiger partial charge in [-0.25, -0.2) is 0 Å². The number of carbonyl (C=O) groups is 2. The minimum Gasteiger partial charge on any atom is -0.460 e. The molecular weight excluding hydrogens is 256 g/mol. The smallest absolute Gasteiger partial charge is 0.306 e. The molecule has 0 spiro atoms. The summed E-state index contributed by atoms with van der Waals surface area (Å²) in [6.07, 6.45) is 3.67. The molecule has 0 saturated heterocycles. The van der Waals surface area contributed by atoms with Crippen LogP contribution < -0.4 is 0 Å². The van der Waals surface area contributed by atoms with Crippen molar-refractivity contribution >= 4 is 11.9 Å². The zero-order valence-electron chi connectivity index (χ0n) is 12.5. The SMILES string of the molecule is CN(Cc1cccnc1)C(=O)CCC(=O)OC(C)(C)C. The van der Waals surface area contributed by atoms with E-state index in [1.807, 2.05) is 12.1 Å². The van der Waals surface area contributed by atoms with Crippen LogP contribution >= 0.6 is 0 Å². The lowest BCUT2D eigenvalue weighted by Crippen LogP contribution is -2.28. The Labute approximate surface area is 119 Å². The first-order valence-corrected chi connectivity index (χ1v) is 6.62. The van der Waals surface area contributed by atoms with Gasteiger partial charge in [0.15, 0.2) is 0 Å². The van der Waals surface area contributed by atoms with Gasteiger partial charge in [-0.3, -0.25) is 14.6 Å². The van der Waals surface area contributed by atoms with Crippen molar-refractivity contribution < 1.29 is 14.3 Å². The number of ether oxygens (including phenoxy) is 1. The lowest BCUT2D eigenvalue weighted by Gasteiger charge is -2.20. The molecule has 0 aromatic carbocycles. The summed E-state index contributed by atoms with van der Waals surface area (Å²) in [5.74, 6) is -0.430. The molecule has 0 atom stereocenters. The van der Waals surface area contributed by atoms with Crippen LogP contribution in [-0.4, -0.2) is 34.4 Å². The second-order valence-corrected chi connectivity index (χ2v) is 5.70. The summed E-state index contributed by atoms with van der Waals surface area (Å²) >= 11 is 0. The molecule has 1 rings (SSSR count). The van der Waals surface area contributed by atoms with Crippen LogP contribution in [0.5, 0.6) is 0 Å². The van der Waals surface area contributed by atoms with Crippen LogP contribution in [0.15, 0.2) is 24.5 Å². The number of aromatic nitrogens is 1. The van der Waals surface area contributed by atoms with Crippen molar-refractivity contribution in [1.82, 2.24) is 9.88 Å². The molecule has 5 nitrogen and oxygen atoms in total. The number of carbonyl (C=O) groups excluding carboxylic acids is 2. The number of pyridine rings is 1. The number of amides is 1. The summed E-state index contributed by atoms with van der Waals surface area (Å²) in [5, 5.41) is 0. The number of rotatable bonds is 5. The van der Waals surface area contributed by atoms with Gasteiger partial charge >= 0.3 is 5.97 Å². The van der Waals surface area contributed by atoms with Crippen molar-refractivity contribution in [3.63, 3.8) is 0 Å². The normalized spacial score (nSPS) is 11.0. The summed E-state index contributed by atoms with van der Waals surface area (Å²) in [4.78, 5) is 29.0. The maximum atomic E-state index is 11.9. The molecule has 110 valence electrons. The van der Waals surface area contributed by atoms with Gasteiger partial charge in [-0.05, 0) is 32.4 Å². The average molecular weight is 278 g/mol. The van der Waals surface area contributed by atoms with E-state index in [0.29, 0.717) is 6.54 Å². The molecule has 0 aliphatic heterocycles. The lowest BCUT2D eigenvalue weighted by atomic mass is 10.2. The first-order valence-electron chi connectivity index (χ1n) is 6.62. The molecule has 0 fully saturated rings. The van der Waals surface area contributed by atoms with E-state index in [0.717, 1.165) is 5.56 Å². The van der Waals surface area contributed by atoms with Crippen LogP contribution in [0.1, 0.15) is 39.2 Å². The van der Waals surface area contributed by atoms with Crippen LogP contribution in [-0.2, 0) is 20.9 Å². The Balaban J connectivity index is 2.37. The highest BCUT2D eigenvalue weighted by Gasteiger charge is 2.18. The average Bonchev–Trinajstić information content (AvgIpc) is 2.35. The summed E-state index contributed by atoms with van der Waals surface area (Å²) in [5.41, 5.74) is 0.447. The van der Waals surface area contributed by atoms with Gasteiger partial charge in [0.05, 0.1) is 6.42 Å². The summed E-state index contributed by atoms with van der Waals surface area (Å²) in [6, 6.07) is 3.74. The van der Waals surface area contributed by atoms with Gasteiger partial charge in [0, 0.05) is 32.4 Å². The molecule has 0 bridgehead atoms. The maximum Gasteiger partial charge on any atom is 0.306 e. The molecule has 1 heterocycles. The van der Waals surface area contributed by atoms with E-state index >= 15 is 0 Å². The largest absolute Gasteiger partial charge is 0.460 e. The van der Waals surface area contributed by atoms with Crippen molar-refractivity contribution in [2.24, 2.45) is 0 Å². The second kappa shape index (κ2) is 7.03. The zero-order chi connectivity index (χ0) is 15.2. The van der Waals surface area contributed by atoms with E-state index in [2.05, 4.69) is 4.98 Å².